The molecule has 2 unspecified atom stereocenters. The van der Waals surface area contributed by atoms with E-state index in [0.717, 1.165) is 0 Å². The summed E-state index contributed by atoms with van der Waals surface area (Å²) in [5.41, 5.74) is 6.71. The minimum absolute atomic E-state index is 0.00477. The number of hydrazine groups is 1. The predicted molar refractivity (Wildman–Crippen MR) is 121 cm³/mol. The number of likely N-dealkylation sites (tertiary alicyclic amines) is 1. The summed E-state index contributed by atoms with van der Waals surface area (Å²) in [6.45, 7) is 1.84. The van der Waals surface area contributed by atoms with Gasteiger partial charge in [0.25, 0.3) is 11.8 Å². The van der Waals surface area contributed by atoms with E-state index in [1.165, 1.54) is 4.90 Å². The van der Waals surface area contributed by atoms with Crippen LogP contribution in [-0.4, -0.2) is 54.1 Å². The molecule has 1 aromatic rings. The van der Waals surface area contributed by atoms with Gasteiger partial charge in [0.15, 0.2) is 17.5 Å². The first-order valence-electron chi connectivity index (χ1n) is 10.6. The number of anilines is 1. The fraction of sp³-hybridized carbons (Fsp3) is 0.476. The Balaban J connectivity index is 0.000000281. The zero-order valence-corrected chi connectivity index (χ0v) is 20.1. The van der Waals surface area contributed by atoms with Crippen LogP contribution in [-0.2, 0) is 14.4 Å². The van der Waals surface area contributed by atoms with E-state index in [2.05, 4.69) is 16.1 Å². The second-order valence-corrected chi connectivity index (χ2v) is 8.82. The number of alkyl halides is 2. The van der Waals surface area contributed by atoms with Gasteiger partial charge in [0.1, 0.15) is 5.16 Å². The minimum Gasteiger partial charge on any atom is -0.398 e. The maximum atomic E-state index is 13.1. The first kappa shape index (κ1) is 29.3. The number of nitrogens with two attached hydrogens (primary N) is 2. The van der Waals surface area contributed by atoms with Gasteiger partial charge in [-0.1, -0.05) is 11.6 Å². The molecule has 1 saturated carbocycles. The minimum atomic E-state index is -2.68. The number of hydrogen-bond donors (Lipinski definition) is 5. The van der Waals surface area contributed by atoms with E-state index in [1.807, 2.05) is 0 Å². The van der Waals surface area contributed by atoms with Gasteiger partial charge in [-0.3, -0.25) is 14.4 Å². The summed E-state index contributed by atoms with van der Waals surface area (Å²) in [7, 11) is 1.56. The van der Waals surface area contributed by atoms with Crippen molar-refractivity contribution in [2.75, 3.05) is 18.9 Å². The number of amides is 2. The van der Waals surface area contributed by atoms with Crippen molar-refractivity contribution in [2.24, 2.45) is 17.5 Å². The number of halogens is 6. The van der Waals surface area contributed by atoms with Gasteiger partial charge in [-0.25, -0.2) is 27.8 Å². The van der Waals surface area contributed by atoms with Crippen LogP contribution < -0.4 is 27.6 Å². The largest absolute Gasteiger partial charge is 0.398 e. The molecule has 2 atom stereocenters. The van der Waals surface area contributed by atoms with Crippen LogP contribution in [0.4, 0.5) is 27.6 Å². The van der Waals surface area contributed by atoms with E-state index in [4.69, 9.17) is 23.2 Å². The standard InChI is InChI=1S/C14H13F3N2O3.C7H13ClF2N4/c1-7-9(2-3-19(7)12(21)6-20)14(22)18-8-4-10(15)13(17)11(16)5-8;1-13-6(2-7(9,10)3-6)4(11)5(8)14-12/h4-7,9H,2-3H2,1H3,(H,18,22);13-14H,2-3,11-12H2,1H3/b;5-4-. The summed E-state index contributed by atoms with van der Waals surface area (Å²) < 4.78 is 64.5. The van der Waals surface area contributed by atoms with Gasteiger partial charge in [0.05, 0.1) is 17.2 Å². The number of aldehydes is 1. The number of carbonyl (C=O) groups is 3. The molecule has 1 aliphatic heterocycles. The third-order valence-corrected chi connectivity index (χ3v) is 6.52. The van der Waals surface area contributed by atoms with Crippen LogP contribution in [0.5, 0.6) is 0 Å². The molecule has 2 amide bonds. The maximum absolute atomic E-state index is 13.1. The van der Waals surface area contributed by atoms with E-state index in [0.29, 0.717) is 18.6 Å². The predicted octanol–water partition coefficient (Wildman–Crippen LogP) is 1.68. The third kappa shape index (κ3) is 6.23. The van der Waals surface area contributed by atoms with E-state index >= 15 is 0 Å². The molecule has 3 rings (SSSR count). The molecular weight excluding hydrogens is 515 g/mol. The number of carbonyl (C=O) groups excluding carboxylic acids is 3. The highest BCUT2D eigenvalue weighted by atomic mass is 35.5. The average Bonchev–Trinajstić information content (AvgIpc) is 3.20. The molecule has 0 aromatic heterocycles. The summed E-state index contributed by atoms with van der Waals surface area (Å²) in [6, 6.07) is 0.821. The second-order valence-electron chi connectivity index (χ2n) is 8.44. The number of likely N-dealkylation sites (N-methyl/N-ethyl adjacent to an activating group) is 1. The highest BCUT2D eigenvalue weighted by Crippen LogP contribution is 2.48. The Morgan fingerprint density at radius 3 is 2.19 bits per heavy atom. The smallest absolute Gasteiger partial charge is 0.286 e. The van der Waals surface area contributed by atoms with E-state index in [1.54, 1.807) is 14.0 Å². The van der Waals surface area contributed by atoms with Gasteiger partial charge in [0.2, 0.25) is 12.2 Å². The molecule has 0 radical (unpaired) electrons. The van der Waals surface area contributed by atoms with Gasteiger partial charge in [-0.2, -0.15) is 0 Å². The first-order valence-corrected chi connectivity index (χ1v) is 11.0. The number of nitrogens with zero attached hydrogens (tertiary/aromatic N) is 1. The molecule has 9 nitrogen and oxygen atoms in total. The zero-order valence-electron chi connectivity index (χ0n) is 19.3. The van der Waals surface area contributed by atoms with Crippen molar-refractivity contribution in [3.05, 3.63) is 40.4 Å². The van der Waals surface area contributed by atoms with E-state index in [-0.39, 0.29) is 42.2 Å². The van der Waals surface area contributed by atoms with Crippen LogP contribution in [0.2, 0.25) is 0 Å². The van der Waals surface area contributed by atoms with Crippen molar-refractivity contribution in [3.8, 4) is 0 Å². The lowest BCUT2D eigenvalue weighted by atomic mass is 9.71. The molecule has 1 aromatic carbocycles. The molecule has 0 bridgehead atoms. The van der Waals surface area contributed by atoms with Crippen molar-refractivity contribution in [1.29, 1.82) is 0 Å². The molecule has 7 N–H and O–H groups in total. The number of rotatable bonds is 6. The Hall–Kier alpha value is -2.97. The van der Waals surface area contributed by atoms with Crippen LogP contribution in [0.15, 0.2) is 23.0 Å². The number of benzene rings is 1. The van der Waals surface area contributed by atoms with Crippen molar-refractivity contribution < 1.29 is 36.3 Å². The molecule has 36 heavy (non-hydrogen) atoms. The second kappa shape index (κ2) is 11.4. The van der Waals surface area contributed by atoms with E-state index in [9.17, 15) is 36.3 Å². The molecule has 1 heterocycles. The fourth-order valence-corrected chi connectivity index (χ4v) is 4.33. The molecule has 15 heteroatoms. The Morgan fingerprint density at radius 1 is 1.19 bits per heavy atom. The van der Waals surface area contributed by atoms with Crippen LogP contribution >= 0.6 is 11.6 Å². The Morgan fingerprint density at radius 2 is 1.75 bits per heavy atom. The Kier molecular flexibility index (Phi) is 9.26. The molecular formula is C21H26ClF5N6O3. The molecule has 2 aliphatic rings. The number of hydrogen-bond acceptors (Lipinski definition) is 7. The molecule has 0 spiro atoms. The van der Waals surface area contributed by atoms with E-state index < -0.39 is 52.7 Å². The van der Waals surface area contributed by atoms with Gasteiger partial charge in [-0.05, 0) is 20.4 Å². The lowest BCUT2D eigenvalue weighted by molar-refractivity contribution is -0.139. The van der Waals surface area contributed by atoms with Gasteiger partial charge < -0.3 is 26.7 Å². The average molecular weight is 541 g/mol. The summed E-state index contributed by atoms with van der Waals surface area (Å²) in [6.07, 6.45) is -0.235. The summed E-state index contributed by atoms with van der Waals surface area (Å²) in [5, 5.41) is 5.03. The van der Waals surface area contributed by atoms with Crippen molar-refractivity contribution >= 4 is 35.4 Å². The summed E-state index contributed by atoms with van der Waals surface area (Å²) in [4.78, 5) is 35.2. The van der Waals surface area contributed by atoms with Crippen molar-refractivity contribution in [3.63, 3.8) is 0 Å². The quantitative estimate of drug-likeness (QED) is 0.0703. The van der Waals surface area contributed by atoms with Crippen LogP contribution in [0.1, 0.15) is 26.2 Å². The van der Waals surface area contributed by atoms with Gasteiger partial charge in [0, 0.05) is 43.2 Å². The fourth-order valence-electron chi connectivity index (χ4n) is 4.15. The SMILES string of the molecule is CC1C(C(=O)Nc2cc(F)c(F)c(F)c2)CCN1C(=O)C=O.CNC1(/C(N)=C(\Cl)NN)CC(F)(F)C1. The Bertz CT molecular complexity index is 1030. The Labute approximate surface area is 208 Å². The highest BCUT2D eigenvalue weighted by molar-refractivity contribution is 6.29. The first-order chi connectivity index (χ1) is 16.7. The summed E-state index contributed by atoms with van der Waals surface area (Å²) >= 11 is 5.62. The molecule has 1 saturated heterocycles. The monoisotopic (exact) mass is 540 g/mol. The highest BCUT2D eigenvalue weighted by Gasteiger charge is 2.58. The summed E-state index contributed by atoms with van der Waals surface area (Å²) in [5.74, 6) is -3.98. The van der Waals surface area contributed by atoms with Crippen LogP contribution in [0.3, 0.4) is 0 Å². The van der Waals surface area contributed by atoms with Crippen molar-refractivity contribution in [2.45, 2.75) is 43.7 Å². The van der Waals surface area contributed by atoms with Crippen LogP contribution in [0.25, 0.3) is 0 Å². The molecule has 2 fully saturated rings. The number of nitrogens with one attached hydrogen (secondary N) is 3. The molecule has 1 aliphatic carbocycles. The zero-order chi connectivity index (χ0) is 27.4. The lowest BCUT2D eigenvalue weighted by Crippen LogP contribution is -2.63. The third-order valence-electron chi connectivity index (χ3n) is 6.21. The van der Waals surface area contributed by atoms with Crippen molar-refractivity contribution in [1.82, 2.24) is 15.6 Å². The topological polar surface area (TPSA) is 143 Å². The normalized spacial score (nSPS) is 22.4. The van der Waals surface area contributed by atoms with Gasteiger partial charge >= 0.3 is 0 Å². The van der Waals surface area contributed by atoms with Gasteiger partial charge in [-0.15, -0.1) is 0 Å². The van der Waals surface area contributed by atoms with Crippen LogP contribution in [0, 0.1) is 23.4 Å². The molecule has 200 valence electrons. The maximum Gasteiger partial charge on any atom is 0.286 e. The lowest BCUT2D eigenvalue weighted by Gasteiger charge is -2.47.